The third kappa shape index (κ3) is 4.02. The van der Waals surface area contributed by atoms with Crippen molar-refractivity contribution in [3.8, 4) is 11.8 Å². The van der Waals surface area contributed by atoms with Gasteiger partial charge in [0.2, 0.25) is 0 Å². The van der Waals surface area contributed by atoms with Gasteiger partial charge in [-0.15, -0.1) is 0 Å². The van der Waals surface area contributed by atoms with E-state index >= 15 is 0 Å². The molecule has 5 heteroatoms. The van der Waals surface area contributed by atoms with Crippen LogP contribution in [0.15, 0.2) is 24.3 Å². The van der Waals surface area contributed by atoms with Gasteiger partial charge >= 0.3 is 6.09 Å². The molecule has 0 radical (unpaired) electrons. The van der Waals surface area contributed by atoms with Gasteiger partial charge in [-0.25, -0.2) is 4.79 Å². The normalized spacial score (nSPS) is 20.0. The molecule has 0 atom stereocenters. The Morgan fingerprint density at radius 1 is 1.13 bits per heavy atom. The molecule has 1 aliphatic heterocycles. The minimum absolute atomic E-state index is 0.316. The summed E-state index contributed by atoms with van der Waals surface area (Å²) in [7, 11) is 0. The first-order valence-electron chi connectivity index (χ1n) is 8.47. The van der Waals surface area contributed by atoms with Crippen LogP contribution in [0.2, 0.25) is 0 Å². The number of hydrogen-bond acceptors (Lipinski definition) is 4. The van der Waals surface area contributed by atoms with Gasteiger partial charge in [-0.3, -0.25) is 4.90 Å². The van der Waals surface area contributed by atoms with Gasteiger partial charge in [0.25, 0.3) is 0 Å². The molecule has 3 rings (SSSR count). The molecule has 0 bridgehead atoms. The lowest BCUT2D eigenvalue weighted by molar-refractivity contribution is 0.0763. The predicted molar refractivity (Wildman–Crippen MR) is 87.2 cm³/mol. The van der Waals surface area contributed by atoms with Crippen molar-refractivity contribution >= 4 is 6.09 Å². The largest absolute Gasteiger partial charge is 0.415 e. The molecular formula is C18H23N3O2. The molecule has 0 spiro atoms. The number of carbonyl (C=O) groups is 1. The van der Waals surface area contributed by atoms with E-state index in [9.17, 15) is 4.79 Å². The molecule has 1 heterocycles. The van der Waals surface area contributed by atoms with Crippen LogP contribution in [0.3, 0.4) is 0 Å². The number of nitriles is 1. The van der Waals surface area contributed by atoms with Gasteiger partial charge < -0.3 is 9.64 Å². The zero-order valence-electron chi connectivity index (χ0n) is 13.4. The summed E-state index contributed by atoms with van der Waals surface area (Å²) < 4.78 is 5.39. The van der Waals surface area contributed by atoms with Crippen molar-refractivity contribution in [3.63, 3.8) is 0 Å². The number of nitrogens with zero attached hydrogens (tertiary/aromatic N) is 3. The smallest absolute Gasteiger partial charge is 0.410 e. The molecule has 5 nitrogen and oxygen atoms in total. The molecule has 1 aromatic rings. The van der Waals surface area contributed by atoms with Crippen LogP contribution in [0.1, 0.15) is 37.7 Å². The molecule has 2 aliphatic rings. The van der Waals surface area contributed by atoms with Gasteiger partial charge in [-0.2, -0.15) is 5.26 Å². The average Bonchev–Trinajstić information content (AvgIpc) is 2.63. The Bertz CT molecular complexity index is 582. The lowest BCUT2D eigenvalue weighted by Crippen LogP contribution is -2.52. The van der Waals surface area contributed by atoms with Crippen LogP contribution in [0, 0.1) is 11.3 Å². The zero-order chi connectivity index (χ0) is 16.1. The van der Waals surface area contributed by atoms with Crippen LogP contribution >= 0.6 is 0 Å². The topological polar surface area (TPSA) is 56.6 Å². The van der Waals surface area contributed by atoms with Crippen molar-refractivity contribution in [3.05, 3.63) is 29.8 Å². The maximum Gasteiger partial charge on any atom is 0.415 e. The van der Waals surface area contributed by atoms with E-state index in [1.54, 1.807) is 29.2 Å². The molecule has 1 aromatic carbocycles. The van der Waals surface area contributed by atoms with E-state index in [-0.39, 0.29) is 6.09 Å². The lowest BCUT2D eigenvalue weighted by atomic mass is 9.94. The third-order valence-electron chi connectivity index (χ3n) is 4.83. The number of benzene rings is 1. The lowest BCUT2D eigenvalue weighted by Gasteiger charge is -2.40. The highest BCUT2D eigenvalue weighted by atomic mass is 16.6. The monoisotopic (exact) mass is 313 g/mol. The molecule has 0 N–H and O–H groups in total. The molecule has 2 fully saturated rings. The van der Waals surface area contributed by atoms with E-state index in [1.807, 2.05) is 0 Å². The SMILES string of the molecule is N#Cc1cccc(OC(=O)N2CCN(C3CCCCC3)CC2)c1. The van der Waals surface area contributed by atoms with Crippen molar-refractivity contribution in [1.29, 1.82) is 5.26 Å². The van der Waals surface area contributed by atoms with Crippen LogP contribution in [-0.4, -0.2) is 48.1 Å². The van der Waals surface area contributed by atoms with Crippen molar-refractivity contribution in [2.75, 3.05) is 26.2 Å². The van der Waals surface area contributed by atoms with Gasteiger partial charge in [-0.05, 0) is 31.0 Å². The van der Waals surface area contributed by atoms with E-state index in [1.165, 1.54) is 32.1 Å². The number of hydrogen-bond donors (Lipinski definition) is 0. The maximum atomic E-state index is 12.3. The third-order valence-corrected chi connectivity index (χ3v) is 4.83. The van der Waals surface area contributed by atoms with Crippen LogP contribution < -0.4 is 4.74 Å². The molecule has 1 amide bonds. The minimum Gasteiger partial charge on any atom is -0.410 e. The van der Waals surface area contributed by atoms with Crippen LogP contribution in [-0.2, 0) is 0 Å². The molecule has 23 heavy (non-hydrogen) atoms. The second-order valence-corrected chi connectivity index (χ2v) is 6.32. The van der Waals surface area contributed by atoms with Crippen LogP contribution in [0.4, 0.5) is 4.79 Å². The first kappa shape index (κ1) is 15.8. The number of rotatable bonds is 2. The summed E-state index contributed by atoms with van der Waals surface area (Å²) in [5.41, 5.74) is 0.498. The Labute approximate surface area is 137 Å². The first-order valence-corrected chi connectivity index (χ1v) is 8.47. The first-order chi connectivity index (χ1) is 11.3. The fraction of sp³-hybridized carbons (Fsp3) is 0.556. The van der Waals surface area contributed by atoms with Crippen LogP contribution in [0.5, 0.6) is 5.75 Å². The zero-order valence-corrected chi connectivity index (χ0v) is 13.4. The second kappa shape index (κ2) is 7.47. The van der Waals surface area contributed by atoms with Crippen molar-refractivity contribution in [2.45, 2.75) is 38.1 Å². The number of amides is 1. The highest BCUT2D eigenvalue weighted by Crippen LogP contribution is 2.23. The molecule has 0 aromatic heterocycles. The van der Waals surface area contributed by atoms with Crippen molar-refractivity contribution in [2.24, 2.45) is 0 Å². The Hall–Kier alpha value is -2.06. The number of carbonyl (C=O) groups excluding carboxylic acids is 1. The molecule has 1 saturated heterocycles. The minimum atomic E-state index is -0.316. The summed E-state index contributed by atoms with van der Waals surface area (Å²) in [5.74, 6) is 0.434. The Morgan fingerprint density at radius 3 is 2.57 bits per heavy atom. The Kier molecular flexibility index (Phi) is 5.14. The fourth-order valence-electron chi connectivity index (χ4n) is 3.51. The molecule has 0 unspecified atom stereocenters. The van der Waals surface area contributed by atoms with E-state index in [2.05, 4.69) is 11.0 Å². The highest BCUT2D eigenvalue weighted by Gasteiger charge is 2.27. The van der Waals surface area contributed by atoms with Crippen LogP contribution in [0.25, 0.3) is 0 Å². The van der Waals surface area contributed by atoms with Gasteiger partial charge in [0.1, 0.15) is 5.75 Å². The second-order valence-electron chi connectivity index (χ2n) is 6.32. The van der Waals surface area contributed by atoms with Crippen molar-refractivity contribution in [1.82, 2.24) is 9.80 Å². The predicted octanol–water partition coefficient (Wildman–Crippen LogP) is 3.01. The molecular weight excluding hydrogens is 290 g/mol. The van der Waals surface area contributed by atoms with E-state index in [4.69, 9.17) is 10.00 Å². The van der Waals surface area contributed by atoms with Gasteiger partial charge in [0.05, 0.1) is 11.6 Å². The Morgan fingerprint density at radius 2 is 1.87 bits per heavy atom. The van der Waals surface area contributed by atoms with Gasteiger partial charge in [-0.1, -0.05) is 25.3 Å². The molecule has 1 aliphatic carbocycles. The summed E-state index contributed by atoms with van der Waals surface area (Å²) in [6, 6.07) is 9.47. The number of piperazine rings is 1. The van der Waals surface area contributed by atoms with E-state index in [0.29, 0.717) is 30.4 Å². The summed E-state index contributed by atoms with van der Waals surface area (Å²) in [5, 5.41) is 8.89. The summed E-state index contributed by atoms with van der Waals surface area (Å²) in [6.45, 7) is 3.29. The maximum absolute atomic E-state index is 12.3. The van der Waals surface area contributed by atoms with E-state index < -0.39 is 0 Å². The van der Waals surface area contributed by atoms with Crippen molar-refractivity contribution < 1.29 is 9.53 Å². The quantitative estimate of drug-likeness (QED) is 0.842. The van der Waals surface area contributed by atoms with Gasteiger partial charge in [0, 0.05) is 32.2 Å². The number of ether oxygens (including phenoxy) is 1. The van der Waals surface area contributed by atoms with Gasteiger partial charge in [0.15, 0.2) is 0 Å². The summed E-state index contributed by atoms with van der Waals surface area (Å²) in [6.07, 6.45) is 6.31. The summed E-state index contributed by atoms with van der Waals surface area (Å²) >= 11 is 0. The standard InChI is InChI=1S/C18H23N3O2/c19-14-15-5-4-8-17(13-15)23-18(22)21-11-9-20(10-12-21)16-6-2-1-3-7-16/h4-5,8,13,16H,1-3,6-7,9-12H2. The summed E-state index contributed by atoms with van der Waals surface area (Å²) in [4.78, 5) is 16.5. The Balaban J connectivity index is 1.50. The average molecular weight is 313 g/mol. The fourth-order valence-corrected chi connectivity index (χ4v) is 3.51. The molecule has 122 valence electrons. The molecule has 1 saturated carbocycles. The van der Waals surface area contributed by atoms with E-state index in [0.717, 1.165) is 13.1 Å². The highest BCUT2D eigenvalue weighted by molar-refractivity contribution is 5.71.